The Morgan fingerprint density at radius 1 is 1.04 bits per heavy atom. The normalized spacial score (nSPS) is 15.9. The molecule has 1 aliphatic heterocycles. The Bertz CT molecular complexity index is 666. The number of carbonyl (C=O) groups excluding carboxylic acids is 1. The largest absolute Gasteiger partial charge is 0.354 e. The zero-order valence-corrected chi connectivity index (χ0v) is 15.2. The third-order valence-corrected chi connectivity index (χ3v) is 5.06. The van der Waals surface area contributed by atoms with E-state index in [1.54, 1.807) is 0 Å². The maximum absolute atomic E-state index is 12.3. The minimum atomic E-state index is 0.107. The van der Waals surface area contributed by atoms with E-state index in [1.165, 1.54) is 18.4 Å². The van der Waals surface area contributed by atoms with E-state index in [9.17, 15) is 4.79 Å². The summed E-state index contributed by atoms with van der Waals surface area (Å²) in [4.78, 5) is 14.8. The Morgan fingerprint density at radius 3 is 2.40 bits per heavy atom. The first-order valence-corrected chi connectivity index (χ1v) is 9.40. The molecule has 1 amide bonds. The predicted octanol–water partition coefficient (Wildman–Crippen LogP) is 4.23. The third kappa shape index (κ3) is 5.32. The Hall–Kier alpha value is -1.84. The molecule has 0 aromatic heterocycles. The van der Waals surface area contributed by atoms with Crippen LogP contribution in [0.25, 0.3) is 0 Å². The topological polar surface area (TPSA) is 32.3 Å². The molecule has 132 valence electrons. The second kappa shape index (κ2) is 9.02. The summed E-state index contributed by atoms with van der Waals surface area (Å²) in [7, 11) is 0. The maximum Gasteiger partial charge on any atom is 0.220 e. The summed E-state index contributed by atoms with van der Waals surface area (Å²) in [5.74, 6) is 0.107. The minimum absolute atomic E-state index is 0.107. The molecule has 0 aliphatic carbocycles. The molecule has 3 rings (SSSR count). The third-order valence-electron chi connectivity index (χ3n) is 4.81. The Balaban J connectivity index is 1.53. The average molecular weight is 357 g/mol. The van der Waals surface area contributed by atoms with Gasteiger partial charge in [-0.05, 0) is 55.6 Å². The lowest BCUT2D eigenvalue weighted by molar-refractivity contribution is -0.121. The zero-order chi connectivity index (χ0) is 17.5. The van der Waals surface area contributed by atoms with Crippen molar-refractivity contribution in [2.45, 2.75) is 31.7 Å². The number of nitrogens with zero attached hydrogens (tertiary/aromatic N) is 1. The van der Waals surface area contributed by atoms with Crippen LogP contribution in [0, 0.1) is 0 Å². The van der Waals surface area contributed by atoms with Gasteiger partial charge in [0.25, 0.3) is 0 Å². The summed E-state index contributed by atoms with van der Waals surface area (Å²) in [5.41, 5.74) is 2.42. The molecular weight excluding hydrogens is 332 g/mol. The van der Waals surface area contributed by atoms with Gasteiger partial charge in [-0.25, -0.2) is 0 Å². The van der Waals surface area contributed by atoms with Crippen molar-refractivity contribution in [3.8, 4) is 0 Å². The van der Waals surface area contributed by atoms with Crippen LogP contribution in [0.15, 0.2) is 54.6 Å². The SMILES string of the molecule is O=C(CCc1ccc(Cl)cc1)NCC(c1ccccc1)N1CCCC1. The van der Waals surface area contributed by atoms with E-state index in [1.807, 2.05) is 30.3 Å². The number of rotatable bonds is 7. The van der Waals surface area contributed by atoms with Gasteiger partial charge in [-0.1, -0.05) is 54.1 Å². The number of carbonyl (C=O) groups is 1. The fourth-order valence-corrected chi connectivity index (χ4v) is 3.52. The lowest BCUT2D eigenvalue weighted by Gasteiger charge is -2.28. The van der Waals surface area contributed by atoms with Crippen molar-refractivity contribution in [1.29, 1.82) is 0 Å². The molecule has 1 saturated heterocycles. The van der Waals surface area contributed by atoms with Gasteiger partial charge in [0, 0.05) is 18.0 Å². The minimum Gasteiger partial charge on any atom is -0.354 e. The van der Waals surface area contributed by atoms with Gasteiger partial charge in [-0.15, -0.1) is 0 Å². The summed E-state index contributed by atoms with van der Waals surface area (Å²) in [6, 6.07) is 18.5. The fourth-order valence-electron chi connectivity index (χ4n) is 3.39. The number of hydrogen-bond donors (Lipinski definition) is 1. The zero-order valence-electron chi connectivity index (χ0n) is 14.5. The first-order chi connectivity index (χ1) is 12.2. The van der Waals surface area contributed by atoms with Gasteiger partial charge in [0.05, 0.1) is 6.04 Å². The number of likely N-dealkylation sites (tertiary alicyclic amines) is 1. The highest BCUT2D eigenvalue weighted by atomic mass is 35.5. The molecule has 4 heteroatoms. The Morgan fingerprint density at radius 2 is 1.72 bits per heavy atom. The molecule has 1 fully saturated rings. The van der Waals surface area contributed by atoms with Crippen LogP contribution < -0.4 is 5.32 Å². The van der Waals surface area contributed by atoms with Gasteiger partial charge in [0.2, 0.25) is 5.91 Å². The highest BCUT2D eigenvalue weighted by Crippen LogP contribution is 2.24. The quantitative estimate of drug-likeness (QED) is 0.805. The molecule has 2 aromatic carbocycles. The predicted molar refractivity (Wildman–Crippen MR) is 103 cm³/mol. The highest BCUT2D eigenvalue weighted by molar-refractivity contribution is 6.30. The molecular formula is C21H25ClN2O. The highest BCUT2D eigenvalue weighted by Gasteiger charge is 2.23. The van der Waals surface area contributed by atoms with Gasteiger partial charge in [0.15, 0.2) is 0 Å². The Kier molecular flexibility index (Phi) is 6.48. The smallest absolute Gasteiger partial charge is 0.220 e. The molecule has 1 atom stereocenters. The molecule has 2 aromatic rings. The molecule has 0 radical (unpaired) electrons. The standard InChI is InChI=1S/C21H25ClN2O/c22-19-11-8-17(9-12-19)10-13-21(25)23-16-20(24-14-4-5-15-24)18-6-2-1-3-7-18/h1-3,6-9,11-12,20H,4-5,10,13-16H2,(H,23,25). The molecule has 0 bridgehead atoms. The van der Waals surface area contributed by atoms with Gasteiger partial charge >= 0.3 is 0 Å². The van der Waals surface area contributed by atoms with Gasteiger partial charge in [0.1, 0.15) is 0 Å². The fraction of sp³-hybridized carbons (Fsp3) is 0.381. The van der Waals surface area contributed by atoms with Crippen molar-refractivity contribution < 1.29 is 4.79 Å². The lowest BCUT2D eigenvalue weighted by Crippen LogP contribution is -2.36. The van der Waals surface area contributed by atoms with E-state index in [0.717, 1.165) is 30.1 Å². The van der Waals surface area contributed by atoms with E-state index in [4.69, 9.17) is 11.6 Å². The number of halogens is 1. The summed E-state index contributed by atoms with van der Waals surface area (Å²) >= 11 is 5.90. The number of aryl methyl sites for hydroxylation is 1. The van der Waals surface area contributed by atoms with Crippen LogP contribution in [0.5, 0.6) is 0 Å². The number of amides is 1. The molecule has 1 heterocycles. The molecule has 1 aliphatic rings. The number of nitrogens with one attached hydrogen (secondary N) is 1. The maximum atomic E-state index is 12.3. The first kappa shape index (κ1) is 18.0. The monoisotopic (exact) mass is 356 g/mol. The van der Waals surface area contributed by atoms with Crippen molar-refractivity contribution in [3.63, 3.8) is 0 Å². The van der Waals surface area contributed by atoms with Crippen molar-refractivity contribution >= 4 is 17.5 Å². The molecule has 1 unspecified atom stereocenters. The van der Waals surface area contributed by atoms with Crippen molar-refractivity contribution in [3.05, 3.63) is 70.7 Å². The van der Waals surface area contributed by atoms with Crippen molar-refractivity contribution in [1.82, 2.24) is 10.2 Å². The molecule has 1 N–H and O–H groups in total. The van der Waals surface area contributed by atoms with Gasteiger partial charge in [-0.3, -0.25) is 9.69 Å². The lowest BCUT2D eigenvalue weighted by atomic mass is 10.1. The summed E-state index contributed by atoms with van der Waals surface area (Å²) < 4.78 is 0. The summed E-state index contributed by atoms with van der Waals surface area (Å²) in [5, 5.41) is 3.86. The molecule has 3 nitrogen and oxygen atoms in total. The van der Waals surface area contributed by atoms with Crippen LogP contribution in [0.4, 0.5) is 0 Å². The van der Waals surface area contributed by atoms with E-state index in [-0.39, 0.29) is 11.9 Å². The first-order valence-electron chi connectivity index (χ1n) is 9.02. The van der Waals surface area contributed by atoms with Gasteiger partial charge in [-0.2, -0.15) is 0 Å². The molecule has 0 saturated carbocycles. The van der Waals surface area contributed by atoms with Crippen molar-refractivity contribution in [2.24, 2.45) is 0 Å². The second-order valence-electron chi connectivity index (χ2n) is 6.60. The van der Waals surface area contributed by atoms with Crippen LogP contribution >= 0.6 is 11.6 Å². The van der Waals surface area contributed by atoms with E-state index >= 15 is 0 Å². The summed E-state index contributed by atoms with van der Waals surface area (Å²) in [6.45, 7) is 2.89. The van der Waals surface area contributed by atoms with Crippen LogP contribution in [0.3, 0.4) is 0 Å². The van der Waals surface area contributed by atoms with E-state index in [2.05, 4.69) is 34.5 Å². The second-order valence-corrected chi connectivity index (χ2v) is 7.04. The van der Waals surface area contributed by atoms with Crippen LogP contribution in [0.1, 0.15) is 36.4 Å². The van der Waals surface area contributed by atoms with Crippen LogP contribution in [0.2, 0.25) is 5.02 Å². The average Bonchev–Trinajstić information content (AvgIpc) is 3.17. The summed E-state index contributed by atoms with van der Waals surface area (Å²) in [6.07, 6.45) is 3.73. The van der Waals surface area contributed by atoms with Crippen molar-refractivity contribution in [2.75, 3.05) is 19.6 Å². The van der Waals surface area contributed by atoms with E-state index in [0.29, 0.717) is 13.0 Å². The van der Waals surface area contributed by atoms with Crippen LogP contribution in [-0.4, -0.2) is 30.4 Å². The Labute approximate surface area is 155 Å². The number of benzene rings is 2. The molecule has 25 heavy (non-hydrogen) atoms. The number of hydrogen-bond acceptors (Lipinski definition) is 2. The molecule has 0 spiro atoms. The van der Waals surface area contributed by atoms with Crippen LogP contribution in [-0.2, 0) is 11.2 Å². The van der Waals surface area contributed by atoms with Gasteiger partial charge < -0.3 is 5.32 Å². The van der Waals surface area contributed by atoms with E-state index < -0.39 is 0 Å².